The lowest BCUT2D eigenvalue weighted by Gasteiger charge is -2.39. The van der Waals surface area contributed by atoms with Crippen molar-refractivity contribution in [3.05, 3.63) is 35.4 Å². The smallest absolute Gasteiger partial charge is 0.310 e. The molecule has 1 aliphatic heterocycles. The number of aliphatic carboxylic acids is 1. The van der Waals surface area contributed by atoms with Crippen LogP contribution in [-0.2, 0) is 11.3 Å². The minimum Gasteiger partial charge on any atom is -0.481 e. The Morgan fingerprint density at radius 3 is 2.89 bits per heavy atom. The first-order valence-corrected chi connectivity index (χ1v) is 7.07. The average Bonchev–Trinajstić information content (AvgIpc) is 2.38. The van der Waals surface area contributed by atoms with Crippen molar-refractivity contribution in [2.24, 2.45) is 5.41 Å². The maximum atomic E-state index is 11.5. The number of carbonyl (C=O) groups is 1. The van der Waals surface area contributed by atoms with Crippen molar-refractivity contribution in [3.63, 3.8) is 0 Å². The number of carboxylic acid groups (broad SMARTS) is 1. The first kappa shape index (κ1) is 14.1. The summed E-state index contributed by atoms with van der Waals surface area (Å²) in [4.78, 5) is 13.8. The summed E-state index contributed by atoms with van der Waals surface area (Å²) in [6.07, 6.45) is 2.50. The summed E-state index contributed by atoms with van der Waals surface area (Å²) in [6.45, 7) is 6.62. The summed E-state index contributed by atoms with van der Waals surface area (Å²) < 4.78 is 0. The van der Waals surface area contributed by atoms with Crippen LogP contribution in [0, 0.1) is 12.3 Å². The van der Waals surface area contributed by atoms with Gasteiger partial charge in [-0.1, -0.05) is 36.8 Å². The van der Waals surface area contributed by atoms with E-state index in [9.17, 15) is 9.90 Å². The van der Waals surface area contributed by atoms with Crippen molar-refractivity contribution in [1.82, 2.24) is 4.90 Å². The van der Waals surface area contributed by atoms with Crippen LogP contribution in [0.3, 0.4) is 0 Å². The van der Waals surface area contributed by atoms with E-state index in [0.29, 0.717) is 13.0 Å². The Morgan fingerprint density at radius 1 is 1.47 bits per heavy atom. The Morgan fingerprint density at radius 2 is 2.26 bits per heavy atom. The lowest BCUT2D eigenvalue weighted by molar-refractivity contribution is -0.153. The van der Waals surface area contributed by atoms with Crippen LogP contribution in [0.2, 0.25) is 0 Å². The second kappa shape index (κ2) is 5.74. The molecule has 1 aromatic rings. The Labute approximate surface area is 115 Å². The number of hydrogen-bond acceptors (Lipinski definition) is 2. The molecule has 1 fully saturated rings. The molecule has 1 unspecified atom stereocenters. The molecule has 0 bridgehead atoms. The molecule has 1 saturated heterocycles. The number of carboxylic acids is 1. The molecule has 0 amide bonds. The number of rotatable bonds is 4. The monoisotopic (exact) mass is 261 g/mol. The molecule has 104 valence electrons. The van der Waals surface area contributed by atoms with Gasteiger partial charge in [0.25, 0.3) is 0 Å². The van der Waals surface area contributed by atoms with Gasteiger partial charge in [0.2, 0.25) is 0 Å². The summed E-state index contributed by atoms with van der Waals surface area (Å²) >= 11 is 0. The highest BCUT2D eigenvalue weighted by Crippen LogP contribution is 2.34. The molecule has 0 radical (unpaired) electrons. The maximum Gasteiger partial charge on any atom is 0.310 e. The van der Waals surface area contributed by atoms with Crippen molar-refractivity contribution in [3.8, 4) is 0 Å². The van der Waals surface area contributed by atoms with Gasteiger partial charge in [-0.3, -0.25) is 9.69 Å². The molecule has 0 spiro atoms. The van der Waals surface area contributed by atoms with Crippen molar-refractivity contribution in [2.45, 2.75) is 39.7 Å². The largest absolute Gasteiger partial charge is 0.481 e. The van der Waals surface area contributed by atoms with Crippen LogP contribution in [0.4, 0.5) is 0 Å². The molecule has 0 aliphatic carbocycles. The number of hydrogen-bond donors (Lipinski definition) is 1. The van der Waals surface area contributed by atoms with Gasteiger partial charge in [0.05, 0.1) is 5.41 Å². The van der Waals surface area contributed by atoms with Gasteiger partial charge in [-0.05, 0) is 38.3 Å². The molecule has 0 saturated carbocycles. The van der Waals surface area contributed by atoms with Gasteiger partial charge in [-0.25, -0.2) is 0 Å². The van der Waals surface area contributed by atoms with Gasteiger partial charge in [0.15, 0.2) is 0 Å². The maximum absolute atomic E-state index is 11.5. The molecule has 19 heavy (non-hydrogen) atoms. The van der Waals surface area contributed by atoms with Crippen molar-refractivity contribution in [1.29, 1.82) is 0 Å². The van der Waals surface area contributed by atoms with E-state index in [1.807, 2.05) is 6.92 Å². The minimum absolute atomic E-state index is 0.540. The zero-order chi connectivity index (χ0) is 13.9. The Bertz CT molecular complexity index is 458. The van der Waals surface area contributed by atoms with Crippen molar-refractivity contribution in [2.75, 3.05) is 13.1 Å². The Balaban J connectivity index is 2.07. The van der Waals surface area contributed by atoms with Crippen LogP contribution in [0.25, 0.3) is 0 Å². The molecule has 3 heteroatoms. The lowest BCUT2D eigenvalue weighted by atomic mass is 9.77. The Hall–Kier alpha value is -1.35. The SMILES string of the molecule is CCC1(C(=O)O)CCCN(Cc2cccc(C)c2)C1. The standard InChI is InChI=1S/C16H23NO2/c1-3-16(15(18)19)8-5-9-17(12-16)11-14-7-4-6-13(2)10-14/h4,6-7,10H,3,5,8-9,11-12H2,1-2H3,(H,18,19). The number of nitrogens with zero attached hydrogens (tertiary/aromatic N) is 1. The van der Waals surface area contributed by atoms with Gasteiger partial charge in [-0.2, -0.15) is 0 Å². The highest BCUT2D eigenvalue weighted by atomic mass is 16.4. The molecule has 2 rings (SSSR count). The quantitative estimate of drug-likeness (QED) is 0.905. The normalized spacial score (nSPS) is 24.3. The van der Waals surface area contributed by atoms with Gasteiger partial charge >= 0.3 is 5.97 Å². The van der Waals surface area contributed by atoms with Gasteiger partial charge in [-0.15, -0.1) is 0 Å². The summed E-state index contributed by atoms with van der Waals surface area (Å²) in [7, 11) is 0. The van der Waals surface area contributed by atoms with Crippen LogP contribution in [0.5, 0.6) is 0 Å². The van der Waals surface area contributed by atoms with E-state index in [1.165, 1.54) is 11.1 Å². The lowest BCUT2D eigenvalue weighted by Crippen LogP contribution is -2.47. The van der Waals surface area contributed by atoms with Crippen molar-refractivity contribution < 1.29 is 9.90 Å². The molecule has 1 atom stereocenters. The molecule has 0 aromatic heterocycles. The van der Waals surface area contributed by atoms with E-state index < -0.39 is 11.4 Å². The third-order valence-electron chi connectivity index (χ3n) is 4.28. The molecule has 3 nitrogen and oxygen atoms in total. The van der Waals surface area contributed by atoms with Gasteiger partial charge in [0.1, 0.15) is 0 Å². The van der Waals surface area contributed by atoms with Crippen LogP contribution in [0.1, 0.15) is 37.3 Å². The van der Waals surface area contributed by atoms with Crippen LogP contribution < -0.4 is 0 Å². The third kappa shape index (κ3) is 3.16. The van der Waals surface area contributed by atoms with E-state index in [4.69, 9.17) is 0 Å². The van der Waals surface area contributed by atoms with Crippen LogP contribution >= 0.6 is 0 Å². The Kier molecular flexibility index (Phi) is 4.25. The molecule has 1 aliphatic rings. The topological polar surface area (TPSA) is 40.5 Å². The fraction of sp³-hybridized carbons (Fsp3) is 0.562. The minimum atomic E-state index is -0.635. The number of likely N-dealkylation sites (tertiary alicyclic amines) is 1. The number of piperidine rings is 1. The molecule has 1 aromatic carbocycles. The van der Waals surface area contributed by atoms with E-state index in [-0.39, 0.29) is 0 Å². The fourth-order valence-electron chi connectivity index (χ4n) is 3.05. The fourth-order valence-corrected chi connectivity index (χ4v) is 3.05. The summed E-state index contributed by atoms with van der Waals surface area (Å²) in [5, 5.41) is 9.49. The summed E-state index contributed by atoms with van der Waals surface area (Å²) in [6, 6.07) is 8.46. The second-order valence-corrected chi connectivity index (χ2v) is 5.74. The van der Waals surface area contributed by atoms with E-state index in [1.54, 1.807) is 0 Å². The average molecular weight is 261 g/mol. The number of aryl methyl sites for hydroxylation is 1. The molecular weight excluding hydrogens is 238 g/mol. The first-order valence-electron chi connectivity index (χ1n) is 7.07. The van der Waals surface area contributed by atoms with Crippen LogP contribution in [0.15, 0.2) is 24.3 Å². The highest BCUT2D eigenvalue weighted by molar-refractivity contribution is 5.75. The summed E-state index contributed by atoms with van der Waals surface area (Å²) in [5.74, 6) is -0.635. The second-order valence-electron chi connectivity index (χ2n) is 5.74. The van der Waals surface area contributed by atoms with E-state index >= 15 is 0 Å². The van der Waals surface area contributed by atoms with Gasteiger partial charge in [0, 0.05) is 13.1 Å². The molecule has 1 heterocycles. The predicted octanol–water partition coefficient (Wildman–Crippen LogP) is 3.07. The first-order chi connectivity index (χ1) is 9.05. The van der Waals surface area contributed by atoms with E-state index in [0.717, 1.165) is 25.9 Å². The van der Waals surface area contributed by atoms with Crippen LogP contribution in [-0.4, -0.2) is 29.1 Å². The van der Waals surface area contributed by atoms with Crippen molar-refractivity contribution >= 4 is 5.97 Å². The third-order valence-corrected chi connectivity index (χ3v) is 4.28. The zero-order valence-corrected chi connectivity index (χ0v) is 11.9. The number of benzene rings is 1. The highest BCUT2D eigenvalue weighted by Gasteiger charge is 2.40. The molecule has 1 N–H and O–H groups in total. The summed E-state index contributed by atoms with van der Waals surface area (Å²) in [5.41, 5.74) is 1.99. The molecular formula is C16H23NO2. The van der Waals surface area contributed by atoms with E-state index in [2.05, 4.69) is 36.1 Å². The van der Waals surface area contributed by atoms with Gasteiger partial charge < -0.3 is 5.11 Å². The zero-order valence-electron chi connectivity index (χ0n) is 11.9. The predicted molar refractivity (Wildman–Crippen MR) is 76.0 cm³/mol.